The smallest absolute Gasteiger partial charge is 0.306 e. The highest BCUT2D eigenvalue weighted by atomic mass is 16.4. The number of carbonyl (C=O) groups is 2. The van der Waals surface area contributed by atoms with Crippen LogP contribution in [0.4, 0.5) is 0 Å². The topological polar surface area (TPSA) is 75.4 Å². The van der Waals surface area contributed by atoms with Gasteiger partial charge in [0.1, 0.15) is 0 Å². The number of aromatic nitrogens is 2. The summed E-state index contributed by atoms with van der Waals surface area (Å²) in [6, 6.07) is 9.87. The van der Waals surface area contributed by atoms with E-state index in [0.29, 0.717) is 37.4 Å². The molecule has 1 aromatic carbocycles. The molecule has 1 aliphatic carbocycles. The van der Waals surface area contributed by atoms with E-state index in [9.17, 15) is 9.59 Å². The van der Waals surface area contributed by atoms with Crippen molar-refractivity contribution in [1.82, 2.24) is 14.7 Å². The Morgan fingerprint density at radius 2 is 1.72 bits per heavy atom. The summed E-state index contributed by atoms with van der Waals surface area (Å²) in [7, 11) is 0. The van der Waals surface area contributed by atoms with Crippen LogP contribution in [-0.4, -0.2) is 44.8 Å². The number of hydrogen-bond donors (Lipinski definition) is 1. The first-order chi connectivity index (χ1) is 12.1. The molecule has 2 heterocycles. The molecule has 25 heavy (non-hydrogen) atoms. The van der Waals surface area contributed by atoms with E-state index in [2.05, 4.69) is 5.10 Å². The summed E-state index contributed by atoms with van der Waals surface area (Å²) in [6.45, 7) is 0.993. The molecule has 0 unspecified atom stereocenters. The van der Waals surface area contributed by atoms with E-state index >= 15 is 0 Å². The molecule has 2 aliphatic rings. The van der Waals surface area contributed by atoms with Gasteiger partial charge < -0.3 is 10.0 Å². The van der Waals surface area contributed by atoms with Crippen molar-refractivity contribution in [3.05, 3.63) is 47.8 Å². The number of hydrogen-bond acceptors (Lipinski definition) is 3. The van der Waals surface area contributed by atoms with Crippen molar-refractivity contribution in [1.29, 1.82) is 0 Å². The number of carbonyl (C=O) groups excluding carboxylic acids is 1. The number of likely N-dealkylation sites (tertiary alicyclic amines) is 1. The number of benzene rings is 1. The fourth-order valence-electron chi connectivity index (χ4n) is 3.55. The third-order valence-electron chi connectivity index (χ3n) is 5.13. The van der Waals surface area contributed by atoms with Crippen molar-refractivity contribution in [3.63, 3.8) is 0 Å². The Hall–Kier alpha value is -2.63. The van der Waals surface area contributed by atoms with E-state index < -0.39 is 5.97 Å². The van der Waals surface area contributed by atoms with Gasteiger partial charge in [-0.2, -0.15) is 5.10 Å². The Balaban J connectivity index is 1.60. The van der Waals surface area contributed by atoms with Gasteiger partial charge in [-0.25, -0.2) is 4.68 Å². The Kier molecular flexibility index (Phi) is 4.03. The molecule has 1 saturated carbocycles. The highest BCUT2D eigenvalue weighted by molar-refractivity contribution is 5.95. The van der Waals surface area contributed by atoms with Gasteiger partial charge in [0, 0.05) is 19.0 Å². The van der Waals surface area contributed by atoms with Gasteiger partial charge in [-0.3, -0.25) is 9.59 Å². The second-order valence-electron chi connectivity index (χ2n) is 6.87. The monoisotopic (exact) mass is 339 g/mol. The molecule has 1 aliphatic heterocycles. The van der Waals surface area contributed by atoms with Gasteiger partial charge in [0.15, 0.2) is 0 Å². The summed E-state index contributed by atoms with van der Waals surface area (Å²) in [5.74, 6) is -0.729. The van der Waals surface area contributed by atoms with Crippen molar-refractivity contribution in [2.24, 2.45) is 5.92 Å². The van der Waals surface area contributed by atoms with Crippen molar-refractivity contribution < 1.29 is 14.7 Å². The van der Waals surface area contributed by atoms with E-state index in [1.165, 1.54) is 0 Å². The summed E-state index contributed by atoms with van der Waals surface area (Å²) < 4.78 is 1.88. The summed E-state index contributed by atoms with van der Waals surface area (Å²) in [5.41, 5.74) is 2.63. The standard InChI is InChI=1S/C19H21N3O3/c23-18(21-10-8-14(9-11-21)19(24)25)16-12-20-22(17(16)13-6-7-13)15-4-2-1-3-5-15/h1-5,12-14H,6-11H2,(H,24,25). The molecule has 0 radical (unpaired) electrons. The number of piperidine rings is 1. The van der Waals surface area contributed by atoms with Crippen LogP contribution >= 0.6 is 0 Å². The summed E-state index contributed by atoms with van der Waals surface area (Å²) in [4.78, 5) is 25.9. The van der Waals surface area contributed by atoms with Crippen LogP contribution in [0.25, 0.3) is 5.69 Å². The minimum absolute atomic E-state index is 0.0204. The van der Waals surface area contributed by atoms with Crippen LogP contribution < -0.4 is 0 Å². The predicted molar refractivity (Wildman–Crippen MR) is 91.8 cm³/mol. The number of amides is 1. The second-order valence-corrected chi connectivity index (χ2v) is 6.87. The number of para-hydroxylation sites is 1. The third kappa shape index (κ3) is 3.04. The fourth-order valence-corrected chi connectivity index (χ4v) is 3.55. The van der Waals surface area contributed by atoms with Crippen LogP contribution in [0.1, 0.15) is 47.7 Å². The molecule has 1 N–H and O–H groups in total. The molecule has 2 fully saturated rings. The van der Waals surface area contributed by atoms with E-state index in [4.69, 9.17) is 5.11 Å². The van der Waals surface area contributed by atoms with Gasteiger partial charge in [-0.05, 0) is 37.8 Å². The van der Waals surface area contributed by atoms with E-state index in [-0.39, 0.29) is 11.8 Å². The molecule has 130 valence electrons. The number of aliphatic carboxylic acids is 1. The maximum atomic E-state index is 13.0. The largest absolute Gasteiger partial charge is 0.481 e. The molecule has 1 aromatic heterocycles. The summed E-state index contributed by atoms with van der Waals surface area (Å²) in [6.07, 6.45) is 4.88. The first kappa shape index (κ1) is 15.9. The van der Waals surface area contributed by atoms with E-state index in [1.807, 2.05) is 35.0 Å². The van der Waals surface area contributed by atoms with Crippen molar-refractivity contribution >= 4 is 11.9 Å². The van der Waals surface area contributed by atoms with Crippen molar-refractivity contribution in [2.75, 3.05) is 13.1 Å². The van der Waals surface area contributed by atoms with Crippen LogP contribution in [0.2, 0.25) is 0 Å². The van der Waals surface area contributed by atoms with Gasteiger partial charge in [0.25, 0.3) is 5.91 Å². The molecular weight excluding hydrogens is 318 g/mol. The van der Waals surface area contributed by atoms with Crippen molar-refractivity contribution in [3.8, 4) is 5.69 Å². The van der Waals surface area contributed by atoms with Crippen molar-refractivity contribution in [2.45, 2.75) is 31.6 Å². The molecule has 2 aromatic rings. The molecule has 1 saturated heterocycles. The lowest BCUT2D eigenvalue weighted by Gasteiger charge is -2.30. The lowest BCUT2D eigenvalue weighted by Crippen LogP contribution is -2.40. The van der Waals surface area contributed by atoms with Crippen LogP contribution in [0.5, 0.6) is 0 Å². The number of rotatable bonds is 4. The zero-order valence-corrected chi connectivity index (χ0v) is 14.0. The molecule has 6 nitrogen and oxygen atoms in total. The predicted octanol–water partition coefficient (Wildman–Crippen LogP) is 2.69. The van der Waals surface area contributed by atoms with Gasteiger partial charge in [-0.1, -0.05) is 18.2 Å². The van der Waals surface area contributed by atoms with Crippen LogP contribution in [0, 0.1) is 5.92 Å². The lowest BCUT2D eigenvalue weighted by molar-refractivity contribution is -0.143. The maximum Gasteiger partial charge on any atom is 0.306 e. The second kappa shape index (κ2) is 6.35. The highest BCUT2D eigenvalue weighted by Crippen LogP contribution is 2.42. The Bertz CT molecular complexity index is 788. The van der Waals surface area contributed by atoms with E-state index in [0.717, 1.165) is 24.2 Å². The molecule has 0 spiro atoms. The fraction of sp³-hybridized carbons (Fsp3) is 0.421. The molecule has 0 bridgehead atoms. The first-order valence-electron chi connectivity index (χ1n) is 8.80. The Morgan fingerprint density at radius 1 is 1.04 bits per heavy atom. The molecule has 6 heteroatoms. The average molecular weight is 339 g/mol. The highest BCUT2D eigenvalue weighted by Gasteiger charge is 2.35. The Labute approximate surface area is 146 Å². The molecular formula is C19H21N3O3. The maximum absolute atomic E-state index is 13.0. The van der Waals surface area contributed by atoms with Gasteiger partial charge in [-0.15, -0.1) is 0 Å². The molecule has 4 rings (SSSR count). The minimum atomic E-state index is -0.761. The number of carboxylic acid groups (broad SMARTS) is 1. The zero-order valence-electron chi connectivity index (χ0n) is 14.0. The van der Waals surface area contributed by atoms with Gasteiger partial charge in [0.05, 0.1) is 29.1 Å². The quantitative estimate of drug-likeness (QED) is 0.929. The number of carboxylic acids is 1. The first-order valence-corrected chi connectivity index (χ1v) is 8.80. The Morgan fingerprint density at radius 3 is 2.32 bits per heavy atom. The van der Waals surface area contributed by atoms with E-state index in [1.54, 1.807) is 11.1 Å². The molecule has 1 amide bonds. The normalized spacial score (nSPS) is 18.3. The molecule has 0 atom stereocenters. The SMILES string of the molecule is O=C(O)C1CCN(C(=O)c2cnn(-c3ccccc3)c2C2CC2)CC1. The zero-order chi connectivity index (χ0) is 17.4. The third-order valence-corrected chi connectivity index (χ3v) is 5.13. The van der Waals surface area contributed by atoms with Crippen LogP contribution in [0.15, 0.2) is 36.5 Å². The lowest BCUT2D eigenvalue weighted by atomic mass is 9.96. The summed E-state index contributed by atoms with van der Waals surface area (Å²) in [5, 5.41) is 13.6. The van der Waals surface area contributed by atoms with Crippen LogP contribution in [0.3, 0.4) is 0 Å². The van der Waals surface area contributed by atoms with Gasteiger partial charge >= 0.3 is 5.97 Å². The van der Waals surface area contributed by atoms with Gasteiger partial charge in [0.2, 0.25) is 0 Å². The average Bonchev–Trinajstić information content (AvgIpc) is 3.40. The van der Waals surface area contributed by atoms with Crippen LogP contribution in [-0.2, 0) is 4.79 Å². The number of nitrogens with zero attached hydrogens (tertiary/aromatic N) is 3. The minimum Gasteiger partial charge on any atom is -0.481 e. The summed E-state index contributed by atoms with van der Waals surface area (Å²) >= 11 is 0.